The Morgan fingerprint density at radius 2 is 2.00 bits per heavy atom. The van der Waals surface area contributed by atoms with Gasteiger partial charge in [-0.05, 0) is 31.0 Å². The molecule has 0 aliphatic rings. The standard InChI is InChI=1S/C13H17ClN2/c1-3-13(8-9-15)16-10(2)11-4-6-12(14)7-5-11/h4-7,10,13,16H,3,8H2,1-2H3. The first kappa shape index (κ1) is 13.0. The van der Waals surface area contributed by atoms with E-state index in [1.807, 2.05) is 24.3 Å². The Hall–Kier alpha value is -1.04. The summed E-state index contributed by atoms with van der Waals surface area (Å²) < 4.78 is 0. The molecule has 2 unspecified atom stereocenters. The smallest absolute Gasteiger partial charge is 0.0638 e. The van der Waals surface area contributed by atoms with Crippen LogP contribution < -0.4 is 5.32 Å². The van der Waals surface area contributed by atoms with Gasteiger partial charge in [-0.1, -0.05) is 30.7 Å². The van der Waals surface area contributed by atoms with E-state index >= 15 is 0 Å². The van der Waals surface area contributed by atoms with Gasteiger partial charge in [-0.15, -0.1) is 0 Å². The van der Waals surface area contributed by atoms with E-state index in [4.69, 9.17) is 16.9 Å². The normalized spacial score (nSPS) is 14.1. The van der Waals surface area contributed by atoms with Crippen molar-refractivity contribution < 1.29 is 0 Å². The summed E-state index contributed by atoms with van der Waals surface area (Å²) in [6.45, 7) is 4.19. The van der Waals surface area contributed by atoms with Gasteiger partial charge in [-0.25, -0.2) is 0 Å². The minimum Gasteiger partial charge on any atom is -0.306 e. The monoisotopic (exact) mass is 236 g/mol. The third-order valence-electron chi connectivity index (χ3n) is 2.69. The fourth-order valence-corrected chi connectivity index (χ4v) is 1.76. The predicted molar refractivity (Wildman–Crippen MR) is 67.3 cm³/mol. The summed E-state index contributed by atoms with van der Waals surface area (Å²) in [5.41, 5.74) is 1.20. The highest BCUT2D eigenvalue weighted by Gasteiger charge is 2.11. The van der Waals surface area contributed by atoms with Crippen LogP contribution in [0.3, 0.4) is 0 Å². The van der Waals surface area contributed by atoms with Crippen molar-refractivity contribution in [3.8, 4) is 6.07 Å². The molecule has 1 N–H and O–H groups in total. The van der Waals surface area contributed by atoms with Crippen molar-refractivity contribution >= 4 is 11.6 Å². The van der Waals surface area contributed by atoms with Crippen LogP contribution in [0.25, 0.3) is 0 Å². The van der Waals surface area contributed by atoms with Crippen molar-refractivity contribution in [2.45, 2.75) is 38.8 Å². The molecule has 0 saturated heterocycles. The minimum absolute atomic E-state index is 0.246. The first-order valence-corrected chi connectivity index (χ1v) is 5.93. The Balaban J connectivity index is 2.60. The maximum atomic E-state index is 8.68. The molecule has 0 fully saturated rings. The summed E-state index contributed by atoms with van der Waals surface area (Å²) in [7, 11) is 0. The van der Waals surface area contributed by atoms with E-state index < -0.39 is 0 Å². The lowest BCUT2D eigenvalue weighted by atomic mass is 10.1. The maximum absolute atomic E-state index is 8.68. The van der Waals surface area contributed by atoms with Crippen molar-refractivity contribution in [1.82, 2.24) is 5.32 Å². The Morgan fingerprint density at radius 1 is 1.38 bits per heavy atom. The molecule has 1 aromatic rings. The molecular weight excluding hydrogens is 220 g/mol. The molecule has 2 atom stereocenters. The summed E-state index contributed by atoms with van der Waals surface area (Å²) in [4.78, 5) is 0. The van der Waals surface area contributed by atoms with Crippen LogP contribution in [0.1, 0.15) is 38.3 Å². The minimum atomic E-state index is 0.246. The zero-order chi connectivity index (χ0) is 12.0. The Labute approximate surface area is 102 Å². The maximum Gasteiger partial charge on any atom is 0.0638 e. The van der Waals surface area contributed by atoms with Gasteiger partial charge in [0, 0.05) is 17.1 Å². The lowest BCUT2D eigenvalue weighted by Gasteiger charge is -2.20. The molecule has 3 heteroatoms. The molecule has 0 radical (unpaired) electrons. The van der Waals surface area contributed by atoms with Gasteiger partial charge in [-0.2, -0.15) is 5.26 Å². The Kier molecular flexibility index (Phi) is 5.31. The first-order valence-electron chi connectivity index (χ1n) is 5.55. The zero-order valence-corrected chi connectivity index (χ0v) is 10.5. The van der Waals surface area contributed by atoms with Gasteiger partial charge < -0.3 is 5.32 Å². The van der Waals surface area contributed by atoms with Crippen LogP contribution >= 0.6 is 11.6 Å². The van der Waals surface area contributed by atoms with Crippen LogP contribution in [-0.2, 0) is 0 Å². The molecule has 0 aliphatic carbocycles. The van der Waals surface area contributed by atoms with Crippen LogP contribution in [0.15, 0.2) is 24.3 Å². The molecule has 0 spiro atoms. The van der Waals surface area contributed by atoms with Crippen LogP contribution in [0, 0.1) is 11.3 Å². The van der Waals surface area contributed by atoms with E-state index in [0.29, 0.717) is 6.42 Å². The highest BCUT2D eigenvalue weighted by molar-refractivity contribution is 6.30. The molecule has 0 amide bonds. The third-order valence-corrected chi connectivity index (χ3v) is 2.94. The number of rotatable bonds is 5. The summed E-state index contributed by atoms with van der Waals surface area (Å²) >= 11 is 5.84. The number of nitrogens with zero attached hydrogens (tertiary/aromatic N) is 1. The second-order valence-electron chi connectivity index (χ2n) is 3.91. The molecule has 2 nitrogen and oxygen atoms in total. The van der Waals surface area contributed by atoms with Gasteiger partial charge in [0.15, 0.2) is 0 Å². The zero-order valence-electron chi connectivity index (χ0n) is 9.70. The van der Waals surface area contributed by atoms with E-state index in [1.54, 1.807) is 0 Å². The molecule has 0 saturated carbocycles. The molecule has 0 heterocycles. The van der Waals surface area contributed by atoms with E-state index in [-0.39, 0.29) is 12.1 Å². The van der Waals surface area contributed by atoms with Crippen molar-refractivity contribution in [3.05, 3.63) is 34.9 Å². The van der Waals surface area contributed by atoms with Gasteiger partial charge in [-0.3, -0.25) is 0 Å². The first-order chi connectivity index (χ1) is 7.67. The largest absolute Gasteiger partial charge is 0.306 e. The summed E-state index contributed by atoms with van der Waals surface area (Å²) in [6.07, 6.45) is 1.51. The second-order valence-corrected chi connectivity index (χ2v) is 4.34. The molecule has 16 heavy (non-hydrogen) atoms. The van der Waals surface area contributed by atoms with E-state index in [1.165, 1.54) is 5.56 Å². The SMILES string of the molecule is CCC(CC#N)NC(C)c1ccc(Cl)cc1. The molecule has 1 aromatic carbocycles. The quantitative estimate of drug-likeness (QED) is 0.847. The summed E-state index contributed by atoms with van der Waals surface area (Å²) in [5.74, 6) is 0. The van der Waals surface area contributed by atoms with Crippen molar-refractivity contribution in [3.63, 3.8) is 0 Å². The summed E-state index contributed by atoms with van der Waals surface area (Å²) in [6, 6.07) is 10.5. The van der Waals surface area contributed by atoms with E-state index in [9.17, 15) is 0 Å². The van der Waals surface area contributed by atoms with Gasteiger partial charge in [0.1, 0.15) is 0 Å². The molecule has 0 aromatic heterocycles. The number of nitrogens with one attached hydrogen (secondary N) is 1. The van der Waals surface area contributed by atoms with Gasteiger partial charge in [0.2, 0.25) is 0 Å². The highest BCUT2D eigenvalue weighted by atomic mass is 35.5. The van der Waals surface area contributed by atoms with Crippen LogP contribution in [-0.4, -0.2) is 6.04 Å². The molecule has 0 aliphatic heterocycles. The van der Waals surface area contributed by atoms with Gasteiger partial charge >= 0.3 is 0 Å². The highest BCUT2D eigenvalue weighted by Crippen LogP contribution is 2.17. The van der Waals surface area contributed by atoms with Crippen LogP contribution in [0.2, 0.25) is 5.02 Å². The lowest BCUT2D eigenvalue weighted by molar-refractivity contribution is 0.448. The van der Waals surface area contributed by atoms with Crippen molar-refractivity contribution in [2.75, 3.05) is 0 Å². The average molecular weight is 237 g/mol. The van der Waals surface area contributed by atoms with E-state index in [0.717, 1.165) is 11.4 Å². The number of halogens is 1. The molecular formula is C13H17ClN2. The molecule has 0 bridgehead atoms. The number of benzene rings is 1. The molecule has 86 valence electrons. The summed E-state index contributed by atoms with van der Waals surface area (Å²) in [5, 5.41) is 12.9. The average Bonchev–Trinajstić information content (AvgIpc) is 2.29. The van der Waals surface area contributed by atoms with Gasteiger partial charge in [0.05, 0.1) is 12.5 Å². The lowest BCUT2D eigenvalue weighted by Crippen LogP contribution is -2.30. The van der Waals surface area contributed by atoms with Gasteiger partial charge in [0.25, 0.3) is 0 Å². The molecule has 1 rings (SSSR count). The topological polar surface area (TPSA) is 35.8 Å². The van der Waals surface area contributed by atoms with Crippen LogP contribution in [0.5, 0.6) is 0 Å². The Bertz CT molecular complexity index is 353. The number of hydrogen-bond donors (Lipinski definition) is 1. The Morgan fingerprint density at radius 3 is 2.50 bits per heavy atom. The third kappa shape index (κ3) is 3.84. The van der Waals surface area contributed by atoms with E-state index in [2.05, 4.69) is 25.2 Å². The fourth-order valence-electron chi connectivity index (χ4n) is 1.63. The second kappa shape index (κ2) is 6.52. The number of hydrogen-bond acceptors (Lipinski definition) is 2. The van der Waals surface area contributed by atoms with Crippen molar-refractivity contribution in [2.24, 2.45) is 0 Å². The van der Waals surface area contributed by atoms with Crippen molar-refractivity contribution in [1.29, 1.82) is 5.26 Å². The predicted octanol–water partition coefficient (Wildman–Crippen LogP) is 3.68. The number of nitriles is 1. The fraction of sp³-hybridized carbons (Fsp3) is 0.462. The van der Waals surface area contributed by atoms with Crippen LogP contribution in [0.4, 0.5) is 0 Å².